The van der Waals surface area contributed by atoms with Crippen LogP contribution in [-0.4, -0.2) is 81.1 Å². The molecule has 3 aliphatic heterocycles. The van der Waals surface area contributed by atoms with Crippen LogP contribution in [0.25, 0.3) is 0 Å². The Hall–Kier alpha value is -2.22. The fourth-order valence-corrected chi connectivity index (χ4v) is 7.73. The van der Waals surface area contributed by atoms with E-state index < -0.39 is 9.84 Å². The molecule has 6 nitrogen and oxygen atoms in total. The Morgan fingerprint density at radius 1 is 0.842 bits per heavy atom. The van der Waals surface area contributed by atoms with Crippen LogP contribution in [0.15, 0.2) is 59.5 Å². The first-order valence-electron chi connectivity index (χ1n) is 14.4. The third-order valence-electron chi connectivity index (χ3n) is 9.59. The van der Waals surface area contributed by atoms with Gasteiger partial charge < -0.3 is 14.7 Å². The molecule has 0 radical (unpaired) electrons. The van der Waals surface area contributed by atoms with Gasteiger partial charge in [-0.15, -0.1) is 0 Å². The van der Waals surface area contributed by atoms with Crippen LogP contribution in [0.4, 0.5) is 0 Å². The van der Waals surface area contributed by atoms with Crippen molar-refractivity contribution in [2.45, 2.75) is 49.5 Å². The molecule has 2 aromatic carbocycles. The van der Waals surface area contributed by atoms with Gasteiger partial charge in [0.15, 0.2) is 9.84 Å². The number of carbonyl (C=O) groups is 1. The van der Waals surface area contributed by atoms with Crippen molar-refractivity contribution >= 4 is 15.7 Å². The minimum absolute atomic E-state index is 0.213. The Morgan fingerprint density at radius 2 is 1.53 bits per heavy atom. The molecule has 4 aliphatic rings. The van der Waals surface area contributed by atoms with Crippen LogP contribution >= 0.6 is 0 Å². The summed E-state index contributed by atoms with van der Waals surface area (Å²) in [5, 5.41) is 0. The van der Waals surface area contributed by atoms with E-state index in [4.69, 9.17) is 0 Å². The summed E-state index contributed by atoms with van der Waals surface area (Å²) in [7, 11) is -3.21. The zero-order valence-corrected chi connectivity index (χ0v) is 23.4. The second kappa shape index (κ2) is 10.4. The number of piperidine rings is 1. The molecule has 3 saturated heterocycles. The number of hydrogen-bond donors (Lipinski definition) is 0. The van der Waals surface area contributed by atoms with Crippen LogP contribution in [0.3, 0.4) is 0 Å². The Balaban J connectivity index is 1.05. The molecule has 1 spiro atoms. The molecule has 1 amide bonds. The zero-order chi connectivity index (χ0) is 26.3. The van der Waals surface area contributed by atoms with Crippen LogP contribution in [0.1, 0.15) is 49.1 Å². The number of amides is 1. The van der Waals surface area contributed by atoms with Crippen molar-refractivity contribution in [3.63, 3.8) is 0 Å². The number of benzene rings is 2. The van der Waals surface area contributed by atoms with E-state index in [0.717, 1.165) is 56.9 Å². The summed E-state index contributed by atoms with van der Waals surface area (Å²) >= 11 is 0. The number of rotatable bonds is 8. The number of likely N-dealkylation sites (tertiary alicyclic amines) is 3. The van der Waals surface area contributed by atoms with E-state index in [1.165, 1.54) is 44.3 Å². The second-order valence-electron chi connectivity index (χ2n) is 12.4. The van der Waals surface area contributed by atoms with E-state index in [1.54, 1.807) is 12.1 Å². The Labute approximate surface area is 227 Å². The molecule has 0 aromatic heterocycles. The highest BCUT2D eigenvalue weighted by Crippen LogP contribution is 2.43. The molecule has 1 saturated carbocycles. The van der Waals surface area contributed by atoms with Gasteiger partial charge in [-0.3, -0.25) is 4.79 Å². The van der Waals surface area contributed by atoms with Gasteiger partial charge in [0.05, 0.1) is 10.3 Å². The lowest BCUT2D eigenvalue weighted by atomic mass is 9.76. The summed E-state index contributed by atoms with van der Waals surface area (Å²) < 4.78 is 23.5. The van der Waals surface area contributed by atoms with Gasteiger partial charge in [0.1, 0.15) is 0 Å². The van der Waals surface area contributed by atoms with E-state index in [9.17, 15) is 13.2 Å². The monoisotopic (exact) mass is 535 g/mol. The molecule has 4 fully saturated rings. The summed E-state index contributed by atoms with van der Waals surface area (Å²) in [5.41, 5.74) is 2.26. The molecule has 7 heteroatoms. The van der Waals surface area contributed by atoms with Crippen LogP contribution in [0, 0.1) is 17.3 Å². The standard InChI is InChI=1S/C31H41N3O3S/c1-38(36,37)28-11-9-25(10-12-28)20-34-18-15-31(30(34)35)13-16-32(17-14-31)21-27-22-33(19-24-7-8-24)23-29(27)26-5-3-2-4-6-26/h2-6,9-12,24,27,29H,7-8,13-23H2,1H3/t27-,29+/m0/s1. The summed E-state index contributed by atoms with van der Waals surface area (Å²) in [4.78, 5) is 21.2. The molecule has 3 heterocycles. The van der Waals surface area contributed by atoms with Crippen molar-refractivity contribution in [3.05, 3.63) is 65.7 Å². The average molecular weight is 536 g/mol. The number of carbonyl (C=O) groups excluding carboxylic acids is 1. The number of sulfone groups is 1. The van der Waals surface area contributed by atoms with Gasteiger partial charge in [0, 0.05) is 51.4 Å². The average Bonchev–Trinajstić information content (AvgIpc) is 3.57. The van der Waals surface area contributed by atoms with Gasteiger partial charge in [-0.2, -0.15) is 0 Å². The van der Waals surface area contributed by atoms with Crippen LogP contribution in [0.2, 0.25) is 0 Å². The van der Waals surface area contributed by atoms with E-state index in [1.807, 2.05) is 17.0 Å². The van der Waals surface area contributed by atoms with Gasteiger partial charge in [-0.05, 0) is 80.3 Å². The van der Waals surface area contributed by atoms with Crippen molar-refractivity contribution in [2.24, 2.45) is 17.3 Å². The molecule has 1 aliphatic carbocycles. The van der Waals surface area contributed by atoms with Crippen molar-refractivity contribution in [1.82, 2.24) is 14.7 Å². The Bertz CT molecular complexity index is 1230. The topological polar surface area (TPSA) is 60.9 Å². The van der Waals surface area contributed by atoms with E-state index in [0.29, 0.717) is 29.2 Å². The van der Waals surface area contributed by atoms with Gasteiger partial charge in [0.2, 0.25) is 5.91 Å². The molecular weight excluding hydrogens is 494 g/mol. The lowest BCUT2D eigenvalue weighted by Crippen LogP contribution is -2.46. The lowest BCUT2D eigenvalue weighted by molar-refractivity contribution is -0.139. The summed E-state index contributed by atoms with van der Waals surface area (Å²) in [6, 6.07) is 18.1. The molecular formula is C31H41N3O3S. The van der Waals surface area contributed by atoms with Crippen molar-refractivity contribution < 1.29 is 13.2 Å². The molecule has 2 atom stereocenters. The Kier molecular flexibility index (Phi) is 7.12. The first-order valence-corrected chi connectivity index (χ1v) is 16.3. The first-order chi connectivity index (χ1) is 18.3. The first kappa shape index (κ1) is 26.0. The summed E-state index contributed by atoms with van der Waals surface area (Å²) in [6.07, 6.45) is 6.87. The van der Waals surface area contributed by atoms with Gasteiger partial charge in [-0.1, -0.05) is 42.5 Å². The van der Waals surface area contributed by atoms with Gasteiger partial charge >= 0.3 is 0 Å². The zero-order valence-electron chi connectivity index (χ0n) is 22.6. The smallest absolute Gasteiger partial charge is 0.229 e. The van der Waals surface area contributed by atoms with E-state index >= 15 is 0 Å². The molecule has 0 unspecified atom stereocenters. The van der Waals surface area contributed by atoms with Gasteiger partial charge in [0.25, 0.3) is 0 Å². The van der Waals surface area contributed by atoms with E-state index in [-0.39, 0.29) is 5.41 Å². The minimum atomic E-state index is -3.21. The maximum atomic E-state index is 13.6. The summed E-state index contributed by atoms with van der Waals surface area (Å²) in [5.74, 6) is 2.47. The fraction of sp³-hybridized carbons (Fsp3) is 0.581. The van der Waals surface area contributed by atoms with Crippen molar-refractivity contribution in [1.29, 1.82) is 0 Å². The van der Waals surface area contributed by atoms with Crippen LogP contribution in [0.5, 0.6) is 0 Å². The Morgan fingerprint density at radius 3 is 2.18 bits per heavy atom. The molecule has 38 heavy (non-hydrogen) atoms. The normalized spacial score (nSPS) is 26.4. The fourth-order valence-electron chi connectivity index (χ4n) is 7.10. The molecule has 204 valence electrons. The highest BCUT2D eigenvalue weighted by Gasteiger charge is 2.48. The summed E-state index contributed by atoms with van der Waals surface area (Å²) in [6.45, 7) is 8.13. The molecule has 6 rings (SSSR count). The van der Waals surface area contributed by atoms with Gasteiger partial charge in [-0.25, -0.2) is 8.42 Å². The largest absolute Gasteiger partial charge is 0.338 e. The third kappa shape index (κ3) is 5.56. The predicted octanol–water partition coefficient (Wildman–Crippen LogP) is 4.03. The van der Waals surface area contributed by atoms with E-state index in [2.05, 4.69) is 40.1 Å². The molecule has 0 bridgehead atoms. The van der Waals surface area contributed by atoms with Crippen molar-refractivity contribution in [2.75, 3.05) is 52.1 Å². The maximum Gasteiger partial charge on any atom is 0.229 e. The second-order valence-corrected chi connectivity index (χ2v) is 14.4. The molecule has 0 N–H and O–H groups in total. The van der Waals surface area contributed by atoms with Crippen LogP contribution < -0.4 is 0 Å². The highest BCUT2D eigenvalue weighted by molar-refractivity contribution is 7.90. The maximum absolute atomic E-state index is 13.6. The quantitative estimate of drug-likeness (QED) is 0.511. The molecule has 2 aromatic rings. The third-order valence-corrected chi connectivity index (χ3v) is 10.7. The van der Waals surface area contributed by atoms with Crippen molar-refractivity contribution in [3.8, 4) is 0 Å². The number of hydrogen-bond acceptors (Lipinski definition) is 5. The minimum Gasteiger partial charge on any atom is -0.338 e. The lowest BCUT2D eigenvalue weighted by Gasteiger charge is -2.39. The number of nitrogens with zero attached hydrogens (tertiary/aromatic N) is 3. The predicted molar refractivity (Wildman–Crippen MR) is 150 cm³/mol. The SMILES string of the molecule is CS(=O)(=O)c1ccc(CN2CCC3(CCN(C[C@H]4CN(CC5CC5)C[C@@H]4c4ccccc4)CC3)C2=O)cc1. The highest BCUT2D eigenvalue weighted by atomic mass is 32.2. The van der Waals surface area contributed by atoms with Crippen LogP contribution in [-0.2, 0) is 21.2 Å².